The number of rotatable bonds is 3. The van der Waals surface area contributed by atoms with Crippen LogP contribution in [-0.2, 0) is 4.74 Å². The molecule has 0 saturated heterocycles. The molecule has 0 rings (SSSR count). The van der Waals surface area contributed by atoms with Crippen LogP contribution in [0.3, 0.4) is 0 Å². The zero-order valence-corrected chi connectivity index (χ0v) is 4.90. The highest BCUT2D eigenvalue weighted by atomic mass is 16.6. The van der Waals surface area contributed by atoms with Gasteiger partial charge in [-0.15, -0.1) is 0 Å². The molecule has 9 heavy (non-hydrogen) atoms. The molecule has 0 bridgehead atoms. The first-order chi connectivity index (χ1) is 4.16. The van der Waals surface area contributed by atoms with Crippen LogP contribution >= 0.6 is 0 Å². The highest BCUT2D eigenvalue weighted by Crippen LogP contribution is 1.89. The van der Waals surface area contributed by atoms with Crippen LogP contribution in [0.15, 0.2) is 12.1 Å². The molecule has 5 nitrogen and oxygen atoms in total. The summed E-state index contributed by atoms with van der Waals surface area (Å²) in [4.78, 5) is 8.79. The molecule has 0 aliphatic rings. The number of ether oxygens (including phenoxy) is 1. The Hall–Kier alpha value is -1.26. The molecule has 0 aromatic heterocycles. The van der Waals surface area contributed by atoms with Gasteiger partial charge < -0.3 is 9.84 Å². The van der Waals surface area contributed by atoms with Crippen LogP contribution in [-0.4, -0.2) is 16.6 Å². The minimum Gasteiger partial charge on any atom is -0.476 e. The summed E-state index contributed by atoms with van der Waals surface area (Å²) >= 11 is 0. The molecule has 0 atom stereocenters. The van der Waals surface area contributed by atoms with E-state index in [0.717, 1.165) is 0 Å². The molecule has 52 valence electrons. The fraction of sp³-hybridized carbons (Fsp3) is 0.500. The van der Waals surface area contributed by atoms with Gasteiger partial charge in [-0.1, -0.05) is 0 Å². The standard InChI is InChI=1S/C4H7NO4/c1-2-9-4(6)3-5(7)8/h3,6H,2H2,1H3/b4-3-. The van der Waals surface area contributed by atoms with Crippen molar-refractivity contribution in [2.75, 3.05) is 6.61 Å². The summed E-state index contributed by atoms with van der Waals surface area (Å²) in [5.74, 6) is -0.664. The summed E-state index contributed by atoms with van der Waals surface area (Å²) < 4.78 is 4.33. The van der Waals surface area contributed by atoms with Gasteiger partial charge in [0.25, 0.3) is 0 Å². The van der Waals surface area contributed by atoms with Gasteiger partial charge in [0.1, 0.15) is 0 Å². The second-order valence-corrected chi connectivity index (χ2v) is 1.19. The molecule has 0 radical (unpaired) electrons. The quantitative estimate of drug-likeness (QED) is 0.348. The number of hydrogen-bond donors (Lipinski definition) is 1. The molecular weight excluding hydrogens is 126 g/mol. The molecule has 0 amide bonds. The zero-order valence-electron chi connectivity index (χ0n) is 4.90. The van der Waals surface area contributed by atoms with Gasteiger partial charge in [0.05, 0.1) is 11.5 Å². The van der Waals surface area contributed by atoms with Crippen LogP contribution in [0.25, 0.3) is 0 Å². The largest absolute Gasteiger partial charge is 0.476 e. The molecule has 1 N–H and O–H groups in total. The first-order valence-electron chi connectivity index (χ1n) is 2.34. The van der Waals surface area contributed by atoms with Crippen LogP contribution in [0.4, 0.5) is 0 Å². The van der Waals surface area contributed by atoms with Crippen molar-refractivity contribution in [1.82, 2.24) is 0 Å². The SMILES string of the molecule is CCO/C(O)=C\[N+](=O)[O-]. The summed E-state index contributed by atoms with van der Waals surface area (Å²) in [6.45, 7) is 1.83. The number of hydrogen-bond acceptors (Lipinski definition) is 4. The van der Waals surface area contributed by atoms with E-state index in [1.54, 1.807) is 6.92 Å². The van der Waals surface area contributed by atoms with Crippen molar-refractivity contribution in [2.45, 2.75) is 6.92 Å². The minimum absolute atomic E-state index is 0.218. The third-order valence-electron chi connectivity index (χ3n) is 0.508. The maximum atomic E-state index is 9.57. The molecule has 0 unspecified atom stereocenters. The molecule has 0 aromatic rings. The van der Waals surface area contributed by atoms with E-state index in [-0.39, 0.29) is 6.61 Å². The third kappa shape index (κ3) is 4.60. The molecule has 0 heterocycles. The Balaban J connectivity index is 3.69. The van der Waals surface area contributed by atoms with E-state index in [1.165, 1.54) is 0 Å². The Morgan fingerprint density at radius 2 is 2.56 bits per heavy atom. The molecule has 0 saturated carbocycles. The van der Waals surface area contributed by atoms with E-state index >= 15 is 0 Å². The van der Waals surface area contributed by atoms with Crippen molar-refractivity contribution < 1.29 is 14.8 Å². The van der Waals surface area contributed by atoms with Gasteiger partial charge in [-0.05, 0) is 6.92 Å². The van der Waals surface area contributed by atoms with Gasteiger partial charge in [0, 0.05) is 0 Å². The Morgan fingerprint density at radius 3 is 2.89 bits per heavy atom. The van der Waals surface area contributed by atoms with E-state index in [0.29, 0.717) is 6.20 Å². The molecule has 5 heteroatoms. The van der Waals surface area contributed by atoms with E-state index in [1.807, 2.05) is 0 Å². The molecule has 0 fully saturated rings. The Bertz CT molecular complexity index is 131. The minimum atomic E-state index is -0.787. The molecule has 0 aliphatic heterocycles. The molecule has 0 spiro atoms. The lowest BCUT2D eigenvalue weighted by atomic mass is 10.8. The van der Waals surface area contributed by atoms with Crippen LogP contribution in [0.5, 0.6) is 0 Å². The highest BCUT2D eigenvalue weighted by molar-refractivity contribution is 4.69. The van der Waals surface area contributed by atoms with Gasteiger partial charge in [-0.3, -0.25) is 10.1 Å². The van der Waals surface area contributed by atoms with Crippen molar-refractivity contribution in [3.05, 3.63) is 22.3 Å². The van der Waals surface area contributed by atoms with Crippen LogP contribution < -0.4 is 0 Å². The van der Waals surface area contributed by atoms with Crippen LogP contribution in [0.1, 0.15) is 6.92 Å². The van der Waals surface area contributed by atoms with E-state index in [2.05, 4.69) is 4.74 Å². The Morgan fingerprint density at radius 1 is 2.00 bits per heavy atom. The average Bonchev–Trinajstić information content (AvgIpc) is 1.63. The Kier molecular flexibility index (Phi) is 3.19. The maximum absolute atomic E-state index is 9.57. The van der Waals surface area contributed by atoms with Crippen molar-refractivity contribution in [3.63, 3.8) is 0 Å². The van der Waals surface area contributed by atoms with Crippen molar-refractivity contribution in [3.8, 4) is 0 Å². The van der Waals surface area contributed by atoms with Gasteiger partial charge in [-0.2, -0.15) is 0 Å². The summed E-state index contributed by atoms with van der Waals surface area (Å²) in [7, 11) is 0. The average molecular weight is 133 g/mol. The van der Waals surface area contributed by atoms with Crippen molar-refractivity contribution in [2.24, 2.45) is 0 Å². The predicted octanol–water partition coefficient (Wildman–Crippen LogP) is 0.656. The van der Waals surface area contributed by atoms with Gasteiger partial charge in [0.2, 0.25) is 0 Å². The molecular formula is C4H7NO4. The van der Waals surface area contributed by atoms with Crippen molar-refractivity contribution >= 4 is 0 Å². The zero-order chi connectivity index (χ0) is 7.28. The predicted molar refractivity (Wildman–Crippen MR) is 29.3 cm³/mol. The van der Waals surface area contributed by atoms with Gasteiger partial charge in [-0.25, -0.2) is 0 Å². The summed E-state index contributed by atoms with van der Waals surface area (Å²) in [6, 6.07) is 0. The smallest absolute Gasteiger partial charge is 0.350 e. The topological polar surface area (TPSA) is 72.6 Å². The second kappa shape index (κ2) is 3.71. The third-order valence-corrected chi connectivity index (χ3v) is 0.508. The number of nitrogens with zero attached hydrogens (tertiary/aromatic N) is 1. The fourth-order valence-electron chi connectivity index (χ4n) is 0.275. The lowest BCUT2D eigenvalue weighted by Crippen LogP contribution is -1.94. The first-order valence-corrected chi connectivity index (χ1v) is 2.34. The monoisotopic (exact) mass is 133 g/mol. The van der Waals surface area contributed by atoms with Gasteiger partial charge >= 0.3 is 12.1 Å². The van der Waals surface area contributed by atoms with Gasteiger partial charge in [0.15, 0.2) is 0 Å². The highest BCUT2D eigenvalue weighted by Gasteiger charge is 1.96. The number of aliphatic hydroxyl groups is 1. The van der Waals surface area contributed by atoms with Crippen LogP contribution in [0.2, 0.25) is 0 Å². The summed E-state index contributed by atoms with van der Waals surface area (Å²) in [5, 5.41) is 18.0. The second-order valence-electron chi connectivity index (χ2n) is 1.19. The summed E-state index contributed by atoms with van der Waals surface area (Å²) in [6.07, 6.45) is 0.392. The normalized spacial score (nSPS) is 11.0. The Labute approximate surface area is 51.7 Å². The van der Waals surface area contributed by atoms with E-state index in [4.69, 9.17) is 5.11 Å². The fourth-order valence-corrected chi connectivity index (χ4v) is 0.275. The summed E-state index contributed by atoms with van der Waals surface area (Å²) in [5.41, 5.74) is 0. The lowest BCUT2D eigenvalue weighted by molar-refractivity contribution is -0.407. The number of aliphatic hydroxyl groups excluding tert-OH is 1. The lowest BCUT2D eigenvalue weighted by Gasteiger charge is -1.94. The van der Waals surface area contributed by atoms with E-state index < -0.39 is 10.9 Å². The van der Waals surface area contributed by atoms with Crippen molar-refractivity contribution in [1.29, 1.82) is 0 Å². The van der Waals surface area contributed by atoms with Crippen LogP contribution in [0, 0.1) is 10.1 Å². The first kappa shape index (κ1) is 7.74. The molecule has 0 aromatic carbocycles. The number of nitro groups is 1. The molecule has 0 aliphatic carbocycles. The van der Waals surface area contributed by atoms with E-state index in [9.17, 15) is 10.1 Å². The maximum Gasteiger partial charge on any atom is 0.350 e.